The molecule has 0 unspecified atom stereocenters. The summed E-state index contributed by atoms with van der Waals surface area (Å²) in [5.41, 5.74) is 1.76. The van der Waals surface area contributed by atoms with Crippen LogP contribution in [0.25, 0.3) is 0 Å². The Balaban J connectivity index is 1.60. The summed E-state index contributed by atoms with van der Waals surface area (Å²) >= 11 is 12.2. The molecule has 3 aromatic carbocycles. The highest BCUT2D eigenvalue weighted by Crippen LogP contribution is 2.33. The van der Waals surface area contributed by atoms with Crippen molar-refractivity contribution in [1.82, 2.24) is 0 Å². The zero-order valence-electron chi connectivity index (χ0n) is 14.3. The molecule has 138 valence electrons. The van der Waals surface area contributed by atoms with Gasteiger partial charge in [0, 0.05) is 10.6 Å². The first-order chi connectivity index (χ1) is 13.5. The van der Waals surface area contributed by atoms with Gasteiger partial charge in [-0.2, -0.15) is 0 Å². The molecular weight excluding hydrogens is 399 g/mol. The first-order valence-electron chi connectivity index (χ1n) is 8.30. The Bertz CT molecular complexity index is 1110. The number of fused-ring (bicyclic) bond motifs is 1. The second kappa shape index (κ2) is 7.11. The van der Waals surface area contributed by atoms with Crippen molar-refractivity contribution in [2.45, 2.75) is 0 Å². The van der Waals surface area contributed by atoms with E-state index in [-0.39, 0.29) is 10.9 Å². The molecule has 1 N–H and O–H groups in total. The van der Waals surface area contributed by atoms with E-state index in [0.29, 0.717) is 33.1 Å². The lowest BCUT2D eigenvalue weighted by molar-refractivity contribution is 0.0924. The molecule has 0 fully saturated rings. The Kier molecular flexibility index (Phi) is 4.63. The molecule has 3 amide bonds. The number of nitrogens with one attached hydrogen (secondary N) is 1. The standard InChI is InChI=1S/C21H12Cl2N2O3/c22-13-5-3-4-12(10-13)19(26)24-18-9-8-14(11-17(18)23)25-20(27)15-6-1-2-7-16(15)21(25)28/h1-11H,(H,24,26). The van der Waals surface area contributed by atoms with E-state index in [1.165, 1.54) is 12.1 Å². The minimum atomic E-state index is -0.410. The number of carbonyl (C=O) groups is 3. The highest BCUT2D eigenvalue weighted by molar-refractivity contribution is 6.37. The van der Waals surface area contributed by atoms with Gasteiger partial charge in [0.05, 0.1) is 27.5 Å². The van der Waals surface area contributed by atoms with Gasteiger partial charge in [-0.1, -0.05) is 41.4 Å². The Morgan fingerprint density at radius 3 is 2.11 bits per heavy atom. The van der Waals surface area contributed by atoms with Crippen molar-refractivity contribution in [3.63, 3.8) is 0 Å². The second-order valence-corrected chi connectivity index (χ2v) is 6.96. The van der Waals surface area contributed by atoms with Crippen molar-refractivity contribution >= 4 is 52.3 Å². The molecule has 0 atom stereocenters. The maximum Gasteiger partial charge on any atom is 0.266 e. The minimum absolute atomic E-state index is 0.199. The van der Waals surface area contributed by atoms with Gasteiger partial charge in [0.2, 0.25) is 0 Å². The predicted molar refractivity (Wildman–Crippen MR) is 108 cm³/mol. The van der Waals surface area contributed by atoms with Crippen LogP contribution in [0.1, 0.15) is 31.1 Å². The van der Waals surface area contributed by atoms with E-state index in [1.807, 2.05) is 0 Å². The van der Waals surface area contributed by atoms with Gasteiger partial charge in [0.15, 0.2) is 0 Å². The molecule has 0 radical (unpaired) electrons. The van der Waals surface area contributed by atoms with Crippen LogP contribution in [0, 0.1) is 0 Å². The third-order valence-corrected chi connectivity index (χ3v) is 4.89. The van der Waals surface area contributed by atoms with Crippen molar-refractivity contribution < 1.29 is 14.4 Å². The number of nitrogens with zero attached hydrogens (tertiary/aromatic N) is 1. The summed E-state index contributed by atoms with van der Waals surface area (Å²) in [6, 6.07) is 17.7. The molecule has 0 saturated carbocycles. The zero-order valence-corrected chi connectivity index (χ0v) is 15.8. The van der Waals surface area contributed by atoms with Gasteiger partial charge in [-0.15, -0.1) is 0 Å². The van der Waals surface area contributed by atoms with Gasteiger partial charge in [-0.25, -0.2) is 4.90 Å². The quantitative estimate of drug-likeness (QED) is 0.614. The Morgan fingerprint density at radius 1 is 0.821 bits per heavy atom. The van der Waals surface area contributed by atoms with Crippen LogP contribution in [0.5, 0.6) is 0 Å². The Hall–Kier alpha value is -3.15. The lowest BCUT2D eigenvalue weighted by Gasteiger charge is -2.16. The van der Waals surface area contributed by atoms with Crippen LogP contribution in [-0.2, 0) is 0 Å². The summed E-state index contributed by atoms with van der Waals surface area (Å²) in [6.45, 7) is 0. The molecular formula is C21H12Cl2N2O3. The monoisotopic (exact) mass is 410 g/mol. The smallest absolute Gasteiger partial charge is 0.266 e. The number of imide groups is 1. The topological polar surface area (TPSA) is 66.5 Å². The molecule has 0 bridgehead atoms. The third-order valence-electron chi connectivity index (χ3n) is 4.34. The number of anilines is 2. The number of hydrogen-bond donors (Lipinski definition) is 1. The molecule has 7 heteroatoms. The van der Waals surface area contributed by atoms with Gasteiger partial charge < -0.3 is 5.32 Å². The lowest BCUT2D eigenvalue weighted by atomic mass is 10.1. The van der Waals surface area contributed by atoms with E-state index in [1.54, 1.807) is 54.6 Å². The van der Waals surface area contributed by atoms with Crippen molar-refractivity contribution in [3.8, 4) is 0 Å². The van der Waals surface area contributed by atoms with Crippen molar-refractivity contribution in [2.24, 2.45) is 0 Å². The van der Waals surface area contributed by atoms with E-state index in [2.05, 4.69) is 5.32 Å². The molecule has 0 aromatic heterocycles. The number of amides is 3. The minimum Gasteiger partial charge on any atom is -0.321 e. The van der Waals surface area contributed by atoms with Crippen LogP contribution in [0.15, 0.2) is 66.7 Å². The summed E-state index contributed by atoms with van der Waals surface area (Å²) in [7, 11) is 0. The summed E-state index contributed by atoms with van der Waals surface area (Å²) in [5.74, 6) is -1.20. The van der Waals surface area contributed by atoms with Crippen molar-refractivity contribution in [3.05, 3.63) is 93.5 Å². The van der Waals surface area contributed by atoms with Gasteiger partial charge >= 0.3 is 0 Å². The van der Waals surface area contributed by atoms with Gasteiger partial charge in [0.1, 0.15) is 0 Å². The van der Waals surface area contributed by atoms with E-state index >= 15 is 0 Å². The molecule has 1 aliphatic rings. The van der Waals surface area contributed by atoms with Gasteiger partial charge in [-0.3, -0.25) is 14.4 Å². The summed E-state index contributed by atoms with van der Waals surface area (Å²) in [4.78, 5) is 38.6. The average Bonchev–Trinajstić information content (AvgIpc) is 2.94. The third kappa shape index (κ3) is 3.15. The molecule has 4 rings (SSSR count). The van der Waals surface area contributed by atoms with Crippen LogP contribution >= 0.6 is 23.2 Å². The number of rotatable bonds is 3. The summed E-state index contributed by atoms with van der Waals surface area (Å²) in [6.07, 6.45) is 0. The maximum atomic E-state index is 12.6. The van der Waals surface area contributed by atoms with Gasteiger partial charge in [-0.05, 0) is 48.5 Å². The molecule has 3 aromatic rings. The SMILES string of the molecule is O=C(Nc1ccc(N2C(=O)c3ccccc3C2=O)cc1Cl)c1cccc(Cl)c1. The molecule has 0 aliphatic carbocycles. The number of carbonyl (C=O) groups excluding carboxylic acids is 3. The maximum absolute atomic E-state index is 12.6. The molecule has 1 aliphatic heterocycles. The largest absolute Gasteiger partial charge is 0.321 e. The zero-order chi connectivity index (χ0) is 19.8. The Labute approximate surface area is 170 Å². The second-order valence-electron chi connectivity index (χ2n) is 6.12. The normalized spacial score (nSPS) is 12.9. The highest BCUT2D eigenvalue weighted by Gasteiger charge is 2.36. The van der Waals surface area contributed by atoms with E-state index in [9.17, 15) is 14.4 Å². The summed E-state index contributed by atoms with van der Waals surface area (Å²) < 4.78 is 0. The molecule has 1 heterocycles. The fourth-order valence-electron chi connectivity index (χ4n) is 2.99. The van der Waals surface area contributed by atoms with Crippen LogP contribution < -0.4 is 10.2 Å². The molecule has 0 spiro atoms. The molecule has 5 nitrogen and oxygen atoms in total. The lowest BCUT2D eigenvalue weighted by Crippen LogP contribution is -2.29. The molecule has 0 saturated heterocycles. The molecule has 28 heavy (non-hydrogen) atoms. The van der Waals surface area contributed by atoms with Crippen LogP contribution in [0.3, 0.4) is 0 Å². The number of halogens is 2. The number of hydrogen-bond acceptors (Lipinski definition) is 3. The fraction of sp³-hybridized carbons (Fsp3) is 0. The van der Waals surface area contributed by atoms with E-state index in [4.69, 9.17) is 23.2 Å². The van der Waals surface area contributed by atoms with Crippen molar-refractivity contribution in [2.75, 3.05) is 10.2 Å². The van der Waals surface area contributed by atoms with Crippen LogP contribution in [0.2, 0.25) is 10.0 Å². The van der Waals surface area contributed by atoms with E-state index < -0.39 is 11.8 Å². The predicted octanol–water partition coefficient (Wildman–Crippen LogP) is 5.05. The summed E-state index contributed by atoms with van der Waals surface area (Å²) in [5, 5.41) is 3.34. The first-order valence-corrected chi connectivity index (χ1v) is 9.05. The van der Waals surface area contributed by atoms with Gasteiger partial charge in [0.25, 0.3) is 17.7 Å². The number of benzene rings is 3. The first kappa shape index (κ1) is 18.2. The highest BCUT2D eigenvalue weighted by atomic mass is 35.5. The van der Waals surface area contributed by atoms with Crippen molar-refractivity contribution in [1.29, 1.82) is 0 Å². The van der Waals surface area contributed by atoms with Crippen LogP contribution in [0.4, 0.5) is 11.4 Å². The van der Waals surface area contributed by atoms with Crippen LogP contribution in [-0.4, -0.2) is 17.7 Å². The Morgan fingerprint density at radius 2 is 1.50 bits per heavy atom. The average molecular weight is 411 g/mol. The van der Waals surface area contributed by atoms with E-state index in [0.717, 1.165) is 4.90 Å². The fourth-order valence-corrected chi connectivity index (χ4v) is 3.40.